The van der Waals surface area contributed by atoms with Gasteiger partial charge in [-0.2, -0.15) is 0 Å². The van der Waals surface area contributed by atoms with Crippen LogP contribution in [0.2, 0.25) is 0 Å². The molecule has 1 atom stereocenters. The van der Waals surface area contributed by atoms with Crippen LogP contribution in [0.25, 0.3) is 0 Å². The maximum Gasteiger partial charge on any atom is 0.244 e. The van der Waals surface area contributed by atoms with E-state index < -0.39 is 28.5 Å². The summed E-state index contributed by atoms with van der Waals surface area (Å²) in [6, 6.07) is 22.8. The van der Waals surface area contributed by atoms with Crippen LogP contribution in [0.4, 0.5) is 5.69 Å². The molecule has 0 aliphatic carbocycles. The lowest BCUT2D eigenvalue weighted by atomic mass is 10.0. The average molecular weight is 665 g/mol. The van der Waals surface area contributed by atoms with E-state index in [1.165, 1.54) is 4.90 Å². The quantitative estimate of drug-likeness (QED) is 0.291. The lowest BCUT2D eigenvalue weighted by Gasteiger charge is -2.33. The maximum atomic E-state index is 14.0. The van der Waals surface area contributed by atoms with Gasteiger partial charge in [-0.15, -0.1) is 0 Å². The summed E-state index contributed by atoms with van der Waals surface area (Å²) >= 11 is 6.83. The van der Waals surface area contributed by atoms with Crippen LogP contribution in [0.3, 0.4) is 0 Å². The Morgan fingerprint density at radius 3 is 2.16 bits per heavy atom. The van der Waals surface area contributed by atoms with Gasteiger partial charge in [-0.25, -0.2) is 8.42 Å². The highest BCUT2D eigenvalue weighted by Gasteiger charge is 2.32. The molecule has 3 aromatic carbocycles. The highest BCUT2D eigenvalue weighted by Crippen LogP contribution is 2.23. The monoisotopic (exact) mass is 663 g/mol. The number of rotatable bonds is 12. The van der Waals surface area contributed by atoms with Crippen LogP contribution in [-0.2, 0) is 32.6 Å². The van der Waals surface area contributed by atoms with Gasteiger partial charge in [0.25, 0.3) is 0 Å². The van der Waals surface area contributed by atoms with Crippen molar-refractivity contribution < 1.29 is 18.0 Å². The summed E-state index contributed by atoms with van der Waals surface area (Å²) in [5, 5.41) is 2.93. The first-order valence-electron chi connectivity index (χ1n) is 12.2. The number of halogens is 2. The SMILES string of the molecule is CCCNC(=O)[C@H](Cc1ccccc1)N(Cc1cccc(Br)c1)C(=O)CN(c1ccc(Br)cc1)S(C)(=O)=O. The Morgan fingerprint density at radius 1 is 0.895 bits per heavy atom. The number of hydrogen-bond acceptors (Lipinski definition) is 4. The van der Waals surface area contributed by atoms with Gasteiger partial charge in [0.2, 0.25) is 21.8 Å². The summed E-state index contributed by atoms with van der Waals surface area (Å²) in [5.41, 5.74) is 2.06. The van der Waals surface area contributed by atoms with Gasteiger partial charge in [0, 0.05) is 28.5 Å². The predicted octanol–water partition coefficient (Wildman–Crippen LogP) is 5.14. The van der Waals surface area contributed by atoms with Gasteiger partial charge in [0.05, 0.1) is 11.9 Å². The van der Waals surface area contributed by atoms with Gasteiger partial charge in [0.1, 0.15) is 12.6 Å². The van der Waals surface area contributed by atoms with Crippen LogP contribution in [0.15, 0.2) is 87.8 Å². The minimum Gasteiger partial charge on any atom is -0.354 e. The molecule has 0 aromatic heterocycles. The van der Waals surface area contributed by atoms with Crippen LogP contribution in [-0.4, -0.2) is 50.5 Å². The molecule has 0 saturated heterocycles. The molecule has 2 amide bonds. The first-order valence-corrected chi connectivity index (χ1v) is 15.6. The van der Waals surface area contributed by atoms with Gasteiger partial charge < -0.3 is 10.2 Å². The van der Waals surface area contributed by atoms with Crippen molar-refractivity contribution in [2.75, 3.05) is 23.7 Å². The molecule has 10 heteroatoms. The standard InChI is InChI=1S/C28H31Br2N3O4S/c1-3-16-31-28(35)26(18-21-8-5-4-6-9-21)32(19-22-10-7-11-24(30)17-22)27(34)20-33(38(2,36)37)25-14-12-23(29)13-15-25/h4-15,17,26H,3,16,18-20H2,1-2H3,(H,31,35)/t26-/m0/s1. The number of benzene rings is 3. The Hall–Kier alpha value is -2.69. The Morgan fingerprint density at radius 2 is 1.55 bits per heavy atom. The molecule has 0 fully saturated rings. The molecule has 1 N–H and O–H groups in total. The average Bonchev–Trinajstić information content (AvgIpc) is 2.88. The Kier molecular flexibility index (Phi) is 10.9. The molecule has 0 aliphatic heterocycles. The summed E-state index contributed by atoms with van der Waals surface area (Å²) in [7, 11) is -3.80. The highest BCUT2D eigenvalue weighted by molar-refractivity contribution is 9.10. The first kappa shape index (κ1) is 29.9. The lowest BCUT2D eigenvalue weighted by molar-refractivity contribution is -0.140. The summed E-state index contributed by atoms with van der Waals surface area (Å²) in [5.74, 6) is -0.764. The molecule has 38 heavy (non-hydrogen) atoms. The fraction of sp³-hybridized carbons (Fsp3) is 0.286. The van der Waals surface area contributed by atoms with Gasteiger partial charge >= 0.3 is 0 Å². The summed E-state index contributed by atoms with van der Waals surface area (Å²) in [6.45, 7) is 2.12. The van der Waals surface area contributed by atoms with Crippen molar-refractivity contribution in [3.05, 3.63) is 98.9 Å². The zero-order valence-electron chi connectivity index (χ0n) is 21.3. The molecule has 0 radical (unpaired) electrons. The Bertz CT molecular complexity index is 1340. The zero-order valence-corrected chi connectivity index (χ0v) is 25.3. The van der Waals surface area contributed by atoms with E-state index in [0.717, 1.165) is 37.1 Å². The Labute approximate surface area is 241 Å². The maximum absolute atomic E-state index is 14.0. The van der Waals surface area contributed by atoms with Crippen molar-refractivity contribution in [3.63, 3.8) is 0 Å². The molecular weight excluding hydrogens is 634 g/mol. The van der Waals surface area contributed by atoms with Crippen LogP contribution >= 0.6 is 31.9 Å². The third kappa shape index (κ3) is 8.68. The molecule has 0 unspecified atom stereocenters. The number of sulfonamides is 1. The molecular formula is C28H31Br2N3O4S. The van der Waals surface area contributed by atoms with E-state index in [0.29, 0.717) is 12.2 Å². The molecule has 0 saturated carbocycles. The number of hydrogen-bond donors (Lipinski definition) is 1. The fourth-order valence-electron chi connectivity index (χ4n) is 3.97. The van der Waals surface area contributed by atoms with Crippen LogP contribution in [0.5, 0.6) is 0 Å². The van der Waals surface area contributed by atoms with Gasteiger partial charge in [0.15, 0.2) is 0 Å². The van der Waals surface area contributed by atoms with Crippen molar-refractivity contribution >= 4 is 59.4 Å². The molecule has 0 spiro atoms. The lowest BCUT2D eigenvalue weighted by Crippen LogP contribution is -2.53. The minimum absolute atomic E-state index is 0.132. The molecule has 7 nitrogen and oxygen atoms in total. The van der Waals surface area contributed by atoms with E-state index in [1.807, 2.05) is 61.5 Å². The largest absolute Gasteiger partial charge is 0.354 e. The second kappa shape index (κ2) is 13.9. The van der Waals surface area contributed by atoms with Gasteiger partial charge in [-0.05, 0) is 53.9 Å². The number of nitrogens with zero attached hydrogens (tertiary/aromatic N) is 2. The van der Waals surface area contributed by atoms with Gasteiger partial charge in [-0.3, -0.25) is 13.9 Å². The topological polar surface area (TPSA) is 86.8 Å². The minimum atomic E-state index is -3.80. The highest BCUT2D eigenvalue weighted by atomic mass is 79.9. The Balaban J connectivity index is 2.03. The predicted molar refractivity (Wildman–Crippen MR) is 158 cm³/mol. The van der Waals surface area contributed by atoms with Crippen LogP contribution in [0.1, 0.15) is 24.5 Å². The van der Waals surface area contributed by atoms with Gasteiger partial charge in [-0.1, -0.05) is 81.2 Å². The fourth-order valence-corrected chi connectivity index (χ4v) is 5.53. The number of carbonyl (C=O) groups excluding carboxylic acids is 2. The molecule has 3 aromatic rings. The van der Waals surface area contributed by atoms with Crippen molar-refractivity contribution in [2.24, 2.45) is 0 Å². The summed E-state index contributed by atoms with van der Waals surface area (Å²) in [6.07, 6.45) is 2.10. The third-order valence-electron chi connectivity index (χ3n) is 5.86. The van der Waals surface area contributed by atoms with E-state index in [1.54, 1.807) is 24.3 Å². The van der Waals surface area contributed by atoms with E-state index >= 15 is 0 Å². The van der Waals surface area contributed by atoms with Crippen molar-refractivity contribution in [2.45, 2.75) is 32.4 Å². The molecule has 0 aliphatic rings. The van der Waals surface area contributed by atoms with E-state index in [4.69, 9.17) is 0 Å². The zero-order chi connectivity index (χ0) is 27.7. The number of anilines is 1. The van der Waals surface area contributed by atoms with Crippen LogP contribution in [0, 0.1) is 0 Å². The molecule has 0 heterocycles. The van der Waals surface area contributed by atoms with Crippen LogP contribution < -0.4 is 9.62 Å². The molecule has 202 valence electrons. The molecule has 3 rings (SSSR count). The van der Waals surface area contributed by atoms with E-state index in [9.17, 15) is 18.0 Å². The number of carbonyl (C=O) groups is 2. The van der Waals surface area contributed by atoms with Crippen molar-refractivity contribution in [1.29, 1.82) is 0 Å². The smallest absolute Gasteiger partial charge is 0.244 e. The second-order valence-electron chi connectivity index (χ2n) is 8.89. The number of amides is 2. The van der Waals surface area contributed by atoms with Crippen molar-refractivity contribution in [3.8, 4) is 0 Å². The first-order chi connectivity index (χ1) is 18.1. The van der Waals surface area contributed by atoms with E-state index in [2.05, 4.69) is 37.2 Å². The normalized spacial score (nSPS) is 12.0. The summed E-state index contributed by atoms with van der Waals surface area (Å²) < 4.78 is 28.2. The second-order valence-corrected chi connectivity index (χ2v) is 12.6. The third-order valence-corrected chi connectivity index (χ3v) is 8.02. The molecule has 0 bridgehead atoms. The van der Waals surface area contributed by atoms with E-state index in [-0.39, 0.29) is 18.9 Å². The summed E-state index contributed by atoms with van der Waals surface area (Å²) in [4.78, 5) is 28.9. The number of nitrogens with one attached hydrogen (secondary N) is 1. The van der Waals surface area contributed by atoms with Crippen molar-refractivity contribution in [1.82, 2.24) is 10.2 Å².